The summed E-state index contributed by atoms with van der Waals surface area (Å²) in [7, 11) is 0. The van der Waals surface area contributed by atoms with Crippen molar-refractivity contribution in [3.8, 4) is 6.07 Å². The zero-order chi connectivity index (χ0) is 14.5. The monoisotopic (exact) mass is 323 g/mol. The van der Waals surface area contributed by atoms with Crippen molar-refractivity contribution < 1.29 is 4.79 Å². The van der Waals surface area contributed by atoms with Crippen LogP contribution in [0.5, 0.6) is 0 Å². The van der Waals surface area contributed by atoms with Crippen LogP contribution in [-0.4, -0.2) is 22.3 Å². The number of amides is 1. The van der Waals surface area contributed by atoms with E-state index in [0.29, 0.717) is 11.3 Å². The van der Waals surface area contributed by atoms with E-state index < -0.39 is 0 Å². The molecule has 0 aliphatic rings. The lowest BCUT2D eigenvalue weighted by Gasteiger charge is -2.31. The molecule has 1 rings (SSSR count). The molecule has 1 unspecified atom stereocenters. The van der Waals surface area contributed by atoms with Gasteiger partial charge in [0.1, 0.15) is 11.8 Å². The average molecular weight is 324 g/mol. The predicted molar refractivity (Wildman–Crippen MR) is 78.1 cm³/mol. The molecule has 0 fully saturated rings. The van der Waals surface area contributed by atoms with Crippen molar-refractivity contribution in [1.29, 1.82) is 5.26 Å². The van der Waals surface area contributed by atoms with Crippen LogP contribution in [0, 0.1) is 16.7 Å². The van der Waals surface area contributed by atoms with E-state index in [1.165, 1.54) is 6.20 Å². The molecule has 0 saturated heterocycles. The Kier molecular flexibility index (Phi) is 5.49. The number of nitrogens with zero attached hydrogens (tertiary/aromatic N) is 2. The summed E-state index contributed by atoms with van der Waals surface area (Å²) in [5.74, 6) is -0.203. The van der Waals surface area contributed by atoms with Crippen LogP contribution in [0.1, 0.15) is 43.2 Å². The van der Waals surface area contributed by atoms with Gasteiger partial charge in [-0.15, -0.1) is 0 Å². The molecular formula is C14H18BrN3O. The van der Waals surface area contributed by atoms with Gasteiger partial charge in [0, 0.05) is 17.6 Å². The number of aromatic nitrogens is 1. The maximum Gasteiger partial charge on any atom is 0.270 e. The van der Waals surface area contributed by atoms with Crippen molar-refractivity contribution in [3.05, 3.63) is 29.6 Å². The van der Waals surface area contributed by atoms with Crippen LogP contribution in [0.2, 0.25) is 0 Å². The first-order valence-electron chi connectivity index (χ1n) is 6.11. The van der Waals surface area contributed by atoms with Crippen molar-refractivity contribution >= 4 is 21.8 Å². The second kappa shape index (κ2) is 6.67. The Morgan fingerprint density at radius 2 is 2.21 bits per heavy atom. The van der Waals surface area contributed by atoms with E-state index in [0.717, 1.165) is 11.8 Å². The summed E-state index contributed by atoms with van der Waals surface area (Å²) in [5.41, 5.74) is 0.767. The number of rotatable bonds is 4. The lowest BCUT2D eigenvalue weighted by molar-refractivity contribution is 0.0895. The van der Waals surface area contributed by atoms with Gasteiger partial charge < -0.3 is 5.32 Å². The molecule has 5 heteroatoms. The number of pyridine rings is 1. The van der Waals surface area contributed by atoms with Crippen LogP contribution in [0.4, 0.5) is 0 Å². The van der Waals surface area contributed by atoms with E-state index in [9.17, 15) is 4.79 Å². The highest BCUT2D eigenvalue weighted by molar-refractivity contribution is 9.09. The molecule has 4 nitrogen and oxygen atoms in total. The lowest BCUT2D eigenvalue weighted by Crippen LogP contribution is -2.44. The maximum atomic E-state index is 12.1. The minimum atomic E-state index is -0.203. The van der Waals surface area contributed by atoms with E-state index in [2.05, 4.69) is 47.0 Å². The zero-order valence-electron chi connectivity index (χ0n) is 11.4. The topological polar surface area (TPSA) is 65.8 Å². The molecule has 1 amide bonds. The van der Waals surface area contributed by atoms with E-state index in [1.807, 2.05) is 6.07 Å². The molecule has 1 heterocycles. The molecule has 1 N–H and O–H groups in total. The van der Waals surface area contributed by atoms with Gasteiger partial charge >= 0.3 is 0 Å². The molecule has 19 heavy (non-hydrogen) atoms. The Hall–Kier alpha value is -1.41. The van der Waals surface area contributed by atoms with E-state index in [4.69, 9.17) is 5.26 Å². The fourth-order valence-corrected chi connectivity index (χ4v) is 2.12. The highest BCUT2D eigenvalue weighted by Gasteiger charge is 2.26. The Labute approximate surface area is 122 Å². The summed E-state index contributed by atoms with van der Waals surface area (Å²) in [6, 6.07) is 5.21. The summed E-state index contributed by atoms with van der Waals surface area (Å²) in [4.78, 5) is 16.1. The number of halogens is 1. The van der Waals surface area contributed by atoms with Gasteiger partial charge in [0.05, 0.1) is 5.56 Å². The summed E-state index contributed by atoms with van der Waals surface area (Å²) in [6.45, 7) is 6.27. The number of carbonyl (C=O) groups is 1. The highest BCUT2D eigenvalue weighted by atomic mass is 79.9. The van der Waals surface area contributed by atoms with Gasteiger partial charge in [-0.2, -0.15) is 5.26 Å². The Balaban J connectivity index is 2.79. The van der Waals surface area contributed by atoms with Gasteiger partial charge in [0.15, 0.2) is 0 Å². The second-order valence-corrected chi connectivity index (χ2v) is 6.21. The summed E-state index contributed by atoms with van der Waals surface area (Å²) in [6.07, 6.45) is 2.26. The van der Waals surface area contributed by atoms with Crippen molar-refractivity contribution in [2.24, 2.45) is 5.41 Å². The number of carbonyl (C=O) groups excluding carboxylic acids is 1. The Bertz CT molecular complexity index is 471. The van der Waals surface area contributed by atoms with Crippen LogP contribution in [0.3, 0.4) is 0 Å². The average Bonchev–Trinajstić information content (AvgIpc) is 2.37. The van der Waals surface area contributed by atoms with Gasteiger partial charge in [0.25, 0.3) is 5.91 Å². The molecule has 0 bridgehead atoms. The molecule has 0 radical (unpaired) electrons. The SMILES string of the molecule is CC(C)(C)C(CCBr)NC(=O)c1ccc(C#N)cn1. The third kappa shape index (κ3) is 4.64. The fourth-order valence-electron chi connectivity index (χ4n) is 1.66. The maximum absolute atomic E-state index is 12.1. The van der Waals surface area contributed by atoms with Crippen LogP contribution in [0.15, 0.2) is 18.3 Å². The Morgan fingerprint density at radius 3 is 2.63 bits per heavy atom. The van der Waals surface area contributed by atoms with E-state index in [1.54, 1.807) is 12.1 Å². The largest absolute Gasteiger partial charge is 0.347 e. The van der Waals surface area contributed by atoms with E-state index in [-0.39, 0.29) is 17.4 Å². The number of nitrogens with one attached hydrogen (secondary N) is 1. The predicted octanol–water partition coefficient (Wildman–Crippen LogP) is 2.88. The molecule has 0 aliphatic heterocycles. The molecule has 0 aliphatic carbocycles. The van der Waals surface area contributed by atoms with Crippen molar-refractivity contribution in [1.82, 2.24) is 10.3 Å². The number of alkyl halides is 1. The molecule has 1 atom stereocenters. The van der Waals surface area contributed by atoms with Crippen LogP contribution < -0.4 is 5.32 Å². The third-order valence-electron chi connectivity index (χ3n) is 2.87. The van der Waals surface area contributed by atoms with Crippen LogP contribution in [-0.2, 0) is 0 Å². The standard InChI is InChI=1S/C14H18BrN3O/c1-14(2,3)12(6-7-15)18-13(19)11-5-4-10(8-16)9-17-11/h4-5,9,12H,6-7H2,1-3H3,(H,18,19). The fraction of sp³-hybridized carbons (Fsp3) is 0.500. The molecule has 0 aromatic carbocycles. The smallest absolute Gasteiger partial charge is 0.270 e. The quantitative estimate of drug-likeness (QED) is 0.866. The highest BCUT2D eigenvalue weighted by Crippen LogP contribution is 2.22. The number of nitriles is 1. The van der Waals surface area contributed by atoms with Crippen molar-refractivity contribution in [3.63, 3.8) is 0 Å². The van der Waals surface area contributed by atoms with Gasteiger partial charge in [-0.05, 0) is 24.0 Å². The number of hydrogen-bond acceptors (Lipinski definition) is 3. The molecule has 0 saturated carbocycles. The molecular weight excluding hydrogens is 306 g/mol. The van der Waals surface area contributed by atoms with Crippen LogP contribution in [0.25, 0.3) is 0 Å². The normalized spacial score (nSPS) is 12.6. The van der Waals surface area contributed by atoms with Crippen LogP contribution >= 0.6 is 15.9 Å². The van der Waals surface area contributed by atoms with Gasteiger partial charge in [-0.3, -0.25) is 4.79 Å². The van der Waals surface area contributed by atoms with Gasteiger partial charge in [-0.25, -0.2) is 4.98 Å². The molecule has 102 valence electrons. The number of hydrogen-bond donors (Lipinski definition) is 1. The Morgan fingerprint density at radius 1 is 1.53 bits per heavy atom. The zero-order valence-corrected chi connectivity index (χ0v) is 13.0. The summed E-state index contributed by atoms with van der Waals surface area (Å²) < 4.78 is 0. The first-order valence-corrected chi connectivity index (χ1v) is 7.23. The summed E-state index contributed by atoms with van der Waals surface area (Å²) >= 11 is 3.40. The van der Waals surface area contributed by atoms with E-state index >= 15 is 0 Å². The third-order valence-corrected chi connectivity index (χ3v) is 3.33. The second-order valence-electron chi connectivity index (χ2n) is 5.41. The lowest BCUT2D eigenvalue weighted by atomic mass is 9.85. The van der Waals surface area contributed by atoms with Crippen molar-refractivity contribution in [2.45, 2.75) is 33.2 Å². The minimum absolute atomic E-state index is 0.0178. The van der Waals surface area contributed by atoms with Crippen molar-refractivity contribution in [2.75, 3.05) is 5.33 Å². The van der Waals surface area contributed by atoms with Gasteiger partial charge in [-0.1, -0.05) is 36.7 Å². The summed E-state index contributed by atoms with van der Waals surface area (Å²) in [5, 5.41) is 12.5. The first-order chi connectivity index (χ1) is 8.88. The molecule has 0 spiro atoms. The molecule has 1 aromatic heterocycles. The first kappa shape index (κ1) is 15.6. The van der Waals surface area contributed by atoms with Gasteiger partial charge in [0.2, 0.25) is 0 Å². The molecule has 1 aromatic rings. The minimum Gasteiger partial charge on any atom is -0.347 e.